The third-order valence-electron chi connectivity index (χ3n) is 3.06. The van der Waals surface area contributed by atoms with Crippen LogP contribution in [0.4, 0.5) is 0 Å². The highest BCUT2D eigenvalue weighted by molar-refractivity contribution is 7.12. The lowest BCUT2D eigenvalue weighted by molar-refractivity contribution is 0.0780. The third kappa shape index (κ3) is 3.21. The molecule has 1 aromatic heterocycles. The van der Waals surface area contributed by atoms with Crippen molar-refractivity contribution in [1.29, 1.82) is 0 Å². The van der Waals surface area contributed by atoms with Gasteiger partial charge >= 0.3 is 0 Å². The number of likely N-dealkylation sites (N-methyl/N-ethyl adjacent to an activating group) is 1. The molecule has 1 aliphatic heterocycles. The van der Waals surface area contributed by atoms with Crippen LogP contribution in [0.2, 0.25) is 5.02 Å². The van der Waals surface area contributed by atoms with Crippen molar-refractivity contribution >= 4 is 28.8 Å². The molecule has 17 heavy (non-hydrogen) atoms. The third-order valence-corrected chi connectivity index (χ3v) is 4.39. The summed E-state index contributed by atoms with van der Waals surface area (Å²) in [6.07, 6.45) is 3.64. The SMILES string of the molecule is CN(CC1CCCCN1)C(=O)c1sccc1Cl. The quantitative estimate of drug-likeness (QED) is 0.917. The predicted octanol–water partition coefficient (Wildman–Crippen LogP) is 2.62. The van der Waals surface area contributed by atoms with E-state index in [4.69, 9.17) is 11.6 Å². The molecule has 1 N–H and O–H groups in total. The van der Waals surface area contributed by atoms with Crippen LogP contribution in [0.5, 0.6) is 0 Å². The van der Waals surface area contributed by atoms with E-state index in [9.17, 15) is 4.79 Å². The molecule has 1 unspecified atom stereocenters. The second-order valence-corrected chi connectivity index (χ2v) is 5.75. The minimum absolute atomic E-state index is 0.0253. The number of amides is 1. The maximum Gasteiger partial charge on any atom is 0.265 e. The van der Waals surface area contributed by atoms with Crippen molar-refractivity contribution in [1.82, 2.24) is 10.2 Å². The summed E-state index contributed by atoms with van der Waals surface area (Å²) in [6.45, 7) is 1.82. The standard InChI is InChI=1S/C12H17ClN2OS/c1-15(8-9-4-2-3-6-14-9)12(16)11-10(13)5-7-17-11/h5,7,9,14H,2-4,6,8H2,1H3. The van der Waals surface area contributed by atoms with E-state index >= 15 is 0 Å². The number of thiophene rings is 1. The van der Waals surface area contributed by atoms with E-state index in [0.29, 0.717) is 15.9 Å². The van der Waals surface area contributed by atoms with Crippen LogP contribution in [0.15, 0.2) is 11.4 Å². The second kappa shape index (κ2) is 5.85. The van der Waals surface area contributed by atoms with Gasteiger partial charge in [-0.05, 0) is 30.8 Å². The Morgan fingerprint density at radius 2 is 2.47 bits per heavy atom. The second-order valence-electron chi connectivity index (χ2n) is 4.43. The summed E-state index contributed by atoms with van der Waals surface area (Å²) in [6, 6.07) is 2.20. The molecular weight excluding hydrogens is 256 g/mol. The molecule has 5 heteroatoms. The Hall–Kier alpha value is -0.580. The first-order chi connectivity index (χ1) is 8.18. The van der Waals surface area contributed by atoms with Crippen molar-refractivity contribution in [3.63, 3.8) is 0 Å². The van der Waals surface area contributed by atoms with Gasteiger partial charge in [0.2, 0.25) is 0 Å². The molecule has 1 aromatic rings. The Morgan fingerprint density at radius 3 is 3.06 bits per heavy atom. The van der Waals surface area contributed by atoms with Crippen LogP contribution >= 0.6 is 22.9 Å². The number of carbonyl (C=O) groups is 1. The van der Waals surface area contributed by atoms with Gasteiger partial charge in [0.15, 0.2) is 0 Å². The lowest BCUT2D eigenvalue weighted by atomic mass is 10.0. The Kier molecular flexibility index (Phi) is 4.42. The number of rotatable bonds is 3. The Bertz CT molecular complexity index is 388. The van der Waals surface area contributed by atoms with Crippen molar-refractivity contribution in [3.8, 4) is 0 Å². The van der Waals surface area contributed by atoms with E-state index in [0.717, 1.165) is 19.5 Å². The number of piperidine rings is 1. The van der Waals surface area contributed by atoms with Crippen LogP contribution < -0.4 is 5.32 Å². The fourth-order valence-corrected chi connectivity index (χ4v) is 3.24. The van der Waals surface area contributed by atoms with Crippen molar-refractivity contribution in [2.24, 2.45) is 0 Å². The van der Waals surface area contributed by atoms with Crippen LogP contribution in [-0.2, 0) is 0 Å². The number of carbonyl (C=O) groups excluding carboxylic acids is 1. The minimum atomic E-state index is 0.0253. The van der Waals surface area contributed by atoms with Crippen molar-refractivity contribution in [2.75, 3.05) is 20.1 Å². The molecule has 0 saturated carbocycles. The van der Waals surface area contributed by atoms with Gasteiger partial charge in [-0.25, -0.2) is 0 Å². The van der Waals surface area contributed by atoms with Gasteiger partial charge < -0.3 is 10.2 Å². The highest BCUT2D eigenvalue weighted by atomic mass is 35.5. The zero-order chi connectivity index (χ0) is 12.3. The first-order valence-corrected chi connectivity index (χ1v) is 7.16. The summed E-state index contributed by atoms with van der Waals surface area (Å²) in [7, 11) is 1.84. The highest BCUT2D eigenvalue weighted by Gasteiger charge is 2.20. The van der Waals surface area contributed by atoms with Crippen LogP contribution in [0, 0.1) is 0 Å². The van der Waals surface area contributed by atoms with Gasteiger partial charge in [0, 0.05) is 19.6 Å². The van der Waals surface area contributed by atoms with E-state index in [2.05, 4.69) is 5.32 Å². The molecule has 1 amide bonds. The van der Waals surface area contributed by atoms with E-state index in [1.54, 1.807) is 11.0 Å². The molecule has 1 atom stereocenters. The monoisotopic (exact) mass is 272 g/mol. The lowest BCUT2D eigenvalue weighted by Gasteiger charge is -2.28. The van der Waals surface area contributed by atoms with E-state index in [1.807, 2.05) is 12.4 Å². The van der Waals surface area contributed by atoms with Crippen molar-refractivity contribution in [2.45, 2.75) is 25.3 Å². The molecule has 0 spiro atoms. The lowest BCUT2D eigenvalue weighted by Crippen LogP contribution is -2.44. The van der Waals surface area contributed by atoms with Gasteiger partial charge in [-0.2, -0.15) is 0 Å². The molecule has 0 aromatic carbocycles. The van der Waals surface area contributed by atoms with Crippen molar-refractivity contribution < 1.29 is 4.79 Å². The molecule has 3 nitrogen and oxygen atoms in total. The van der Waals surface area contributed by atoms with Crippen molar-refractivity contribution in [3.05, 3.63) is 21.3 Å². The first kappa shape index (κ1) is 12.9. The number of nitrogens with zero attached hydrogens (tertiary/aromatic N) is 1. The van der Waals surface area contributed by atoms with Gasteiger partial charge in [-0.1, -0.05) is 18.0 Å². The normalized spacial score (nSPS) is 20.2. The first-order valence-electron chi connectivity index (χ1n) is 5.90. The average molecular weight is 273 g/mol. The molecule has 1 aliphatic rings. The van der Waals surface area contributed by atoms with E-state index in [1.165, 1.54) is 24.2 Å². The fourth-order valence-electron chi connectivity index (χ4n) is 2.11. The number of halogens is 1. The summed E-state index contributed by atoms with van der Waals surface area (Å²) in [5.74, 6) is 0.0253. The average Bonchev–Trinajstić information content (AvgIpc) is 2.76. The maximum atomic E-state index is 12.1. The van der Waals surface area contributed by atoms with E-state index < -0.39 is 0 Å². The molecule has 94 valence electrons. The van der Waals surface area contributed by atoms with Gasteiger partial charge in [0.05, 0.1) is 5.02 Å². The van der Waals surface area contributed by atoms with Crippen LogP contribution in [0.1, 0.15) is 28.9 Å². The number of nitrogens with one attached hydrogen (secondary N) is 1. The van der Waals surface area contributed by atoms with Crippen LogP contribution in [-0.4, -0.2) is 37.0 Å². The molecular formula is C12H17ClN2OS. The topological polar surface area (TPSA) is 32.3 Å². The van der Waals surface area contributed by atoms with Gasteiger partial charge in [-0.15, -0.1) is 11.3 Å². The Morgan fingerprint density at radius 1 is 1.65 bits per heavy atom. The largest absolute Gasteiger partial charge is 0.339 e. The zero-order valence-electron chi connectivity index (χ0n) is 9.91. The molecule has 0 bridgehead atoms. The smallest absolute Gasteiger partial charge is 0.265 e. The van der Waals surface area contributed by atoms with Gasteiger partial charge in [-0.3, -0.25) is 4.79 Å². The summed E-state index contributed by atoms with van der Waals surface area (Å²) in [5, 5.41) is 5.85. The minimum Gasteiger partial charge on any atom is -0.339 e. The molecule has 1 fully saturated rings. The fraction of sp³-hybridized carbons (Fsp3) is 0.583. The van der Waals surface area contributed by atoms with Gasteiger partial charge in [0.1, 0.15) is 4.88 Å². The van der Waals surface area contributed by atoms with Crippen LogP contribution in [0.3, 0.4) is 0 Å². The zero-order valence-corrected chi connectivity index (χ0v) is 11.5. The number of hydrogen-bond acceptors (Lipinski definition) is 3. The van der Waals surface area contributed by atoms with Crippen LogP contribution in [0.25, 0.3) is 0 Å². The summed E-state index contributed by atoms with van der Waals surface area (Å²) in [4.78, 5) is 14.5. The summed E-state index contributed by atoms with van der Waals surface area (Å²) in [5.41, 5.74) is 0. The summed E-state index contributed by atoms with van der Waals surface area (Å²) >= 11 is 7.37. The maximum absolute atomic E-state index is 12.1. The molecule has 1 saturated heterocycles. The molecule has 0 aliphatic carbocycles. The van der Waals surface area contributed by atoms with E-state index in [-0.39, 0.29) is 5.91 Å². The Balaban J connectivity index is 1.93. The summed E-state index contributed by atoms with van der Waals surface area (Å²) < 4.78 is 0. The molecule has 2 rings (SSSR count). The molecule has 0 radical (unpaired) electrons. The molecule has 2 heterocycles. The Labute approximate surface area is 111 Å². The highest BCUT2D eigenvalue weighted by Crippen LogP contribution is 2.23. The number of hydrogen-bond donors (Lipinski definition) is 1. The predicted molar refractivity (Wildman–Crippen MR) is 71.9 cm³/mol. The van der Waals surface area contributed by atoms with Gasteiger partial charge in [0.25, 0.3) is 5.91 Å².